The minimum Gasteiger partial charge on any atom is -0.445 e. The van der Waals surface area contributed by atoms with Gasteiger partial charge >= 0.3 is 6.09 Å². The van der Waals surface area contributed by atoms with Crippen LogP contribution in [0.2, 0.25) is 0 Å². The molecule has 0 bridgehead atoms. The van der Waals surface area contributed by atoms with Crippen LogP contribution in [0.15, 0.2) is 42.6 Å². The van der Waals surface area contributed by atoms with Crippen LogP contribution in [0.4, 0.5) is 10.6 Å². The maximum Gasteiger partial charge on any atom is 0.410 e. The van der Waals surface area contributed by atoms with Crippen molar-refractivity contribution >= 4 is 11.9 Å². The van der Waals surface area contributed by atoms with E-state index < -0.39 is 0 Å². The van der Waals surface area contributed by atoms with Crippen LogP contribution in [0.25, 0.3) is 0 Å². The van der Waals surface area contributed by atoms with Crippen molar-refractivity contribution in [3.05, 3.63) is 59.3 Å². The van der Waals surface area contributed by atoms with E-state index in [0.717, 1.165) is 69.1 Å². The number of likely N-dealkylation sites (tertiary alicyclic amines) is 1. The second kappa shape index (κ2) is 9.27. The van der Waals surface area contributed by atoms with Crippen molar-refractivity contribution in [2.45, 2.75) is 38.8 Å². The van der Waals surface area contributed by atoms with Crippen LogP contribution in [0.1, 0.15) is 42.0 Å². The minimum absolute atomic E-state index is 0.0262. The number of amides is 1. The third kappa shape index (κ3) is 4.70. The Morgan fingerprint density at radius 1 is 1.17 bits per heavy atom. The van der Waals surface area contributed by atoms with Gasteiger partial charge in [-0.05, 0) is 48.9 Å². The second-order valence-electron chi connectivity index (χ2n) is 7.74. The second-order valence-corrected chi connectivity index (χ2v) is 7.74. The smallest absolute Gasteiger partial charge is 0.410 e. The maximum absolute atomic E-state index is 12.8. The molecule has 6 heteroatoms. The van der Waals surface area contributed by atoms with E-state index in [1.165, 1.54) is 5.56 Å². The van der Waals surface area contributed by atoms with E-state index in [4.69, 9.17) is 14.5 Å². The lowest BCUT2D eigenvalue weighted by Crippen LogP contribution is -2.39. The Balaban J connectivity index is 1.47. The molecule has 154 valence electrons. The van der Waals surface area contributed by atoms with Gasteiger partial charge in [-0.25, -0.2) is 9.78 Å². The van der Waals surface area contributed by atoms with E-state index in [1.54, 1.807) is 0 Å². The number of aryl methyl sites for hydroxylation is 1. The van der Waals surface area contributed by atoms with Gasteiger partial charge in [0.05, 0.1) is 19.3 Å². The molecule has 2 aromatic rings. The molecular formula is C23H29N3O3. The van der Waals surface area contributed by atoms with Crippen molar-refractivity contribution in [1.82, 2.24) is 9.88 Å². The van der Waals surface area contributed by atoms with Crippen LogP contribution in [0.3, 0.4) is 0 Å². The number of anilines is 1. The highest BCUT2D eigenvalue weighted by Crippen LogP contribution is 2.34. The first-order valence-corrected chi connectivity index (χ1v) is 10.5. The van der Waals surface area contributed by atoms with Gasteiger partial charge in [-0.1, -0.05) is 30.3 Å². The van der Waals surface area contributed by atoms with Crippen LogP contribution in [0, 0.1) is 6.92 Å². The Kier molecular flexibility index (Phi) is 6.30. The van der Waals surface area contributed by atoms with E-state index in [1.807, 2.05) is 41.4 Å². The van der Waals surface area contributed by atoms with Gasteiger partial charge in [0.15, 0.2) is 0 Å². The van der Waals surface area contributed by atoms with Crippen LogP contribution in [-0.2, 0) is 16.1 Å². The summed E-state index contributed by atoms with van der Waals surface area (Å²) < 4.78 is 11.1. The van der Waals surface area contributed by atoms with Gasteiger partial charge in [-0.15, -0.1) is 0 Å². The zero-order valence-corrected chi connectivity index (χ0v) is 17.0. The molecule has 0 radical (unpaired) electrons. The van der Waals surface area contributed by atoms with Gasteiger partial charge in [0.25, 0.3) is 0 Å². The monoisotopic (exact) mass is 395 g/mol. The first-order chi connectivity index (χ1) is 14.2. The van der Waals surface area contributed by atoms with Crippen LogP contribution < -0.4 is 4.90 Å². The van der Waals surface area contributed by atoms with Gasteiger partial charge in [0.2, 0.25) is 0 Å². The Hall–Kier alpha value is -2.60. The Morgan fingerprint density at radius 2 is 1.97 bits per heavy atom. The van der Waals surface area contributed by atoms with Gasteiger partial charge in [0.1, 0.15) is 12.4 Å². The summed E-state index contributed by atoms with van der Waals surface area (Å²) in [5, 5.41) is 0. The zero-order valence-electron chi connectivity index (χ0n) is 17.0. The van der Waals surface area contributed by atoms with Gasteiger partial charge in [-0.3, -0.25) is 0 Å². The average Bonchev–Trinajstić information content (AvgIpc) is 2.79. The van der Waals surface area contributed by atoms with Crippen molar-refractivity contribution in [1.29, 1.82) is 0 Å². The number of ether oxygens (including phenoxy) is 2. The topological polar surface area (TPSA) is 54.9 Å². The van der Waals surface area contributed by atoms with Crippen LogP contribution in [0.5, 0.6) is 0 Å². The number of aromatic nitrogens is 1. The predicted octanol–water partition coefficient (Wildman–Crippen LogP) is 4.09. The quantitative estimate of drug-likeness (QED) is 0.780. The molecule has 0 aliphatic carbocycles. The SMILES string of the molecule is Cc1cc(N2CCOCC2)ncc1[C@@H]1CCCCN1C(=O)OCc1ccccc1. The summed E-state index contributed by atoms with van der Waals surface area (Å²) in [4.78, 5) is 21.7. The number of hydrogen-bond acceptors (Lipinski definition) is 5. The van der Waals surface area contributed by atoms with Crippen molar-refractivity contribution in [3.8, 4) is 0 Å². The highest BCUT2D eigenvalue weighted by molar-refractivity contribution is 5.68. The van der Waals surface area contributed by atoms with Gasteiger partial charge in [0, 0.05) is 25.8 Å². The highest BCUT2D eigenvalue weighted by atomic mass is 16.6. The molecule has 1 amide bonds. The summed E-state index contributed by atoms with van der Waals surface area (Å²) in [6, 6.07) is 12.0. The Morgan fingerprint density at radius 3 is 2.72 bits per heavy atom. The molecule has 0 saturated carbocycles. The number of rotatable bonds is 4. The first-order valence-electron chi connectivity index (χ1n) is 10.5. The largest absolute Gasteiger partial charge is 0.445 e. The molecule has 2 aliphatic heterocycles. The number of pyridine rings is 1. The maximum atomic E-state index is 12.8. The fraction of sp³-hybridized carbons (Fsp3) is 0.478. The molecule has 0 unspecified atom stereocenters. The number of morpholine rings is 1. The normalized spacial score (nSPS) is 19.8. The number of hydrogen-bond donors (Lipinski definition) is 0. The molecule has 2 fully saturated rings. The van der Waals surface area contributed by atoms with Gasteiger partial charge in [-0.2, -0.15) is 0 Å². The summed E-state index contributed by atoms with van der Waals surface area (Å²) >= 11 is 0. The lowest BCUT2D eigenvalue weighted by molar-refractivity contribution is 0.0677. The van der Waals surface area contributed by atoms with E-state index >= 15 is 0 Å². The van der Waals surface area contributed by atoms with Gasteiger partial charge < -0.3 is 19.3 Å². The number of nitrogens with zero attached hydrogens (tertiary/aromatic N) is 3. The molecule has 1 atom stereocenters. The molecule has 1 aromatic carbocycles. The zero-order chi connectivity index (χ0) is 20.1. The molecule has 0 N–H and O–H groups in total. The summed E-state index contributed by atoms with van der Waals surface area (Å²) in [6.07, 6.45) is 4.77. The third-order valence-electron chi connectivity index (χ3n) is 5.77. The van der Waals surface area contributed by atoms with E-state index in [0.29, 0.717) is 6.61 Å². The predicted molar refractivity (Wildman–Crippen MR) is 112 cm³/mol. The molecule has 2 saturated heterocycles. The fourth-order valence-corrected chi connectivity index (χ4v) is 4.14. The average molecular weight is 396 g/mol. The lowest BCUT2D eigenvalue weighted by atomic mass is 9.94. The van der Waals surface area contributed by atoms with Crippen molar-refractivity contribution in [2.75, 3.05) is 37.7 Å². The summed E-state index contributed by atoms with van der Waals surface area (Å²) in [6.45, 7) is 6.36. The van der Waals surface area contributed by atoms with Crippen molar-refractivity contribution in [3.63, 3.8) is 0 Å². The van der Waals surface area contributed by atoms with Crippen molar-refractivity contribution < 1.29 is 14.3 Å². The molecule has 1 aromatic heterocycles. The molecule has 6 nitrogen and oxygen atoms in total. The fourth-order valence-electron chi connectivity index (χ4n) is 4.14. The number of piperidine rings is 1. The molecule has 3 heterocycles. The number of carbonyl (C=O) groups excluding carboxylic acids is 1. The van der Waals surface area contributed by atoms with E-state index in [-0.39, 0.29) is 12.1 Å². The van der Waals surface area contributed by atoms with Crippen LogP contribution in [-0.4, -0.2) is 48.8 Å². The molecule has 0 spiro atoms. The summed E-state index contributed by atoms with van der Waals surface area (Å²) in [7, 11) is 0. The molecule has 29 heavy (non-hydrogen) atoms. The number of carbonyl (C=O) groups is 1. The first kappa shape index (κ1) is 19.7. The van der Waals surface area contributed by atoms with Crippen molar-refractivity contribution in [2.24, 2.45) is 0 Å². The highest BCUT2D eigenvalue weighted by Gasteiger charge is 2.30. The third-order valence-corrected chi connectivity index (χ3v) is 5.77. The minimum atomic E-state index is -0.241. The molecule has 2 aliphatic rings. The molecular weight excluding hydrogens is 366 g/mol. The Bertz CT molecular complexity index is 821. The lowest BCUT2D eigenvalue weighted by Gasteiger charge is -2.36. The summed E-state index contributed by atoms with van der Waals surface area (Å²) in [5.74, 6) is 0.989. The molecule has 4 rings (SSSR count). The van der Waals surface area contributed by atoms with E-state index in [9.17, 15) is 4.79 Å². The number of benzene rings is 1. The Labute approximate surface area is 172 Å². The summed E-state index contributed by atoms with van der Waals surface area (Å²) in [5.41, 5.74) is 3.30. The van der Waals surface area contributed by atoms with Crippen LogP contribution >= 0.6 is 0 Å². The standard InChI is InChI=1S/C23H29N3O3/c1-18-15-22(25-11-13-28-14-12-25)24-16-20(18)21-9-5-6-10-26(21)23(27)29-17-19-7-3-2-4-8-19/h2-4,7-8,15-16,21H,5-6,9-14,17H2,1H3/t21-/m0/s1. The van der Waals surface area contributed by atoms with E-state index in [2.05, 4.69) is 17.9 Å².